The fourth-order valence-corrected chi connectivity index (χ4v) is 1.45. The predicted molar refractivity (Wildman–Crippen MR) is 59.8 cm³/mol. The van der Waals surface area contributed by atoms with Gasteiger partial charge in [-0.1, -0.05) is 0 Å². The Morgan fingerprint density at radius 2 is 2.10 bits per heavy atom. The van der Waals surface area contributed by atoms with Crippen molar-refractivity contribution in [3.05, 3.63) is 23.3 Å². The van der Waals surface area contributed by atoms with E-state index in [4.69, 9.17) is 5.26 Å². The van der Waals surface area contributed by atoms with E-state index in [-0.39, 0.29) is 18.6 Å². The first-order valence-electron chi connectivity index (χ1n) is 5.44. The van der Waals surface area contributed by atoms with Crippen molar-refractivity contribution in [1.29, 1.82) is 5.26 Å². The first-order chi connectivity index (χ1) is 9.26. The molecule has 0 heterocycles. The van der Waals surface area contributed by atoms with Gasteiger partial charge < -0.3 is 14.6 Å². The van der Waals surface area contributed by atoms with Crippen LogP contribution < -0.4 is 4.74 Å². The number of phenolic OH excluding ortho intramolecular Hbond substituents is 1. The lowest BCUT2D eigenvalue weighted by Gasteiger charge is -2.12. The molecule has 0 fully saturated rings. The molecular formula is C12H10F3NO4. The van der Waals surface area contributed by atoms with Gasteiger partial charge in [-0.2, -0.15) is 5.26 Å². The van der Waals surface area contributed by atoms with E-state index >= 15 is 0 Å². The van der Waals surface area contributed by atoms with Crippen LogP contribution in [0.3, 0.4) is 0 Å². The molecular weight excluding hydrogens is 279 g/mol. The molecule has 0 bridgehead atoms. The molecule has 1 N–H and O–H groups in total. The van der Waals surface area contributed by atoms with Gasteiger partial charge in [-0.15, -0.1) is 13.2 Å². The van der Waals surface area contributed by atoms with E-state index in [9.17, 15) is 23.1 Å². The molecule has 8 heteroatoms. The summed E-state index contributed by atoms with van der Waals surface area (Å²) >= 11 is 0. The summed E-state index contributed by atoms with van der Waals surface area (Å²) in [7, 11) is 0. The normalized spacial score (nSPS) is 10.8. The highest BCUT2D eigenvalue weighted by atomic mass is 19.4. The number of phenols is 1. The van der Waals surface area contributed by atoms with Crippen LogP contribution in [0.2, 0.25) is 0 Å². The van der Waals surface area contributed by atoms with Crippen LogP contribution in [-0.4, -0.2) is 24.0 Å². The van der Waals surface area contributed by atoms with Crippen LogP contribution in [0, 0.1) is 11.3 Å². The van der Waals surface area contributed by atoms with Crippen LogP contribution in [0.4, 0.5) is 13.2 Å². The molecule has 1 rings (SSSR count). The zero-order valence-corrected chi connectivity index (χ0v) is 10.3. The zero-order valence-electron chi connectivity index (χ0n) is 10.3. The number of halogens is 3. The Morgan fingerprint density at radius 3 is 2.60 bits per heavy atom. The maximum atomic E-state index is 12.2. The Morgan fingerprint density at radius 1 is 1.45 bits per heavy atom. The first kappa shape index (κ1) is 15.6. The van der Waals surface area contributed by atoms with Gasteiger partial charge in [0.25, 0.3) is 0 Å². The van der Waals surface area contributed by atoms with Gasteiger partial charge >= 0.3 is 12.3 Å². The van der Waals surface area contributed by atoms with Crippen molar-refractivity contribution in [2.45, 2.75) is 19.7 Å². The van der Waals surface area contributed by atoms with E-state index in [1.165, 1.54) is 6.07 Å². The third-order valence-electron chi connectivity index (χ3n) is 2.13. The summed E-state index contributed by atoms with van der Waals surface area (Å²) in [4.78, 5) is 11.2. The summed E-state index contributed by atoms with van der Waals surface area (Å²) in [6.45, 7) is 1.69. The minimum absolute atomic E-state index is 0.0409. The lowest BCUT2D eigenvalue weighted by molar-refractivity contribution is -0.274. The Labute approximate surface area is 112 Å². The molecule has 108 valence electrons. The number of esters is 1. The Hall–Kier alpha value is -2.43. The van der Waals surface area contributed by atoms with Crippen molar-refractivity contribution >= 4 is 5.97 Å². The lowest BCUT2D eigenvalue weighted by atomic mass is 10.1. The van der Waals surface area contributed by atoms with E-state index in [0.29, 0.717) is 0 Å². The molecule has 1 aromatic rings. The van der Waals surface area contributed by atoms with Crippen LogP contribution >= 0.6 is 0 Å². The molecule has 0 unspecified atom stereocenters. The SMILES string of the molecule is CCOC(=O)Cc1cc(O)c(C#N)c(OC(F)(F)F)c1. The number of benzene rings is 1. The molecule has 0 atom stereocenters. The van der Waals surface area contributed by atoms with Crippen LogP contribution in [0.1, 0.15) is 18.1 Å². The van der Waals surface area contributed by atoms with Crippen LogP contribution in [0.25, 0.3) is 0 Å². The molecule has 20 heavy (non-hydrogen) atoms. The van der Waals surface area contributed by atoms with E-state index in [0.717, 1.165) is 12.1 Å². The van der Waals surface area contributed by atoms with E-state index in [1.807, 2.05) is 0 Å². The number of carbonyl (C=O) groups is 1. The molecule has 0 radical (unpaired) electrons. The lowest BCUT2D eigenvalue weighted by Crippen LogP contribution is -2.18. The highest BCUT2D eigenvalue weighted by Gasteiger charge is 2.33. The zero-order chi connectivity index (χ0) is 15.3. The number of aromatic hydroxyl groups is 1. The number of carbonyl (C=O) groups excluding carboxylic acids is 1. The van der Waals surface area contributed by atoms with E-state index in [2.05, 4.69) is 9.47 Å². The van der Waals surface area contributed by atoms with Crippen LogP contribution in [0.15, 0.2) is 12.1 Å². The summed E-state index contributed by atoms with van der Waals surface area (Å²) < 4.78 is 44.9. The molecule has 5 nitrogen and oxygen atoms in total. The van der Waals surface area contributed by atoms with Crippen molar-refractivity contribution in [2.24, 2.45) is 0 Å². The largest absolute Gasteiger partial charge is 0.573 e. The summed E-state index contributed by atoms with van der Waals surface area (Å²) in [5.41, 5.74) is -0.617. The Kier molecular flexibility index (Phi) is 4.80. The highest BCUT2D eigenvalue weighted by Crippen LogP contribution is 2.33. The van der Waals surface area contributed by atoms with Gasteiger partial charge in [-0.25, -0.2) is 0 Å². The van der Waals surface area contributed by atoms with Gasteiger partial charge in [-0.3, -0.25) is 4.79 Å². The highest BCUT2D eigenvalue weighted by molar-refractivity contribution is 5.73. The number of hydrogen-bond acceptors (Lipinski definition) is 5. The van der Waals surface area contributed by atoms with E-state index < -0.39 is 29.4 Å². The van der Waals surface area contributed by atoms with Crippen molar-refractivity contribution in [2.75, 3.05) is 6.61 Å². The van der Waals surface area contributed by atoms with Gasteiger partial charge in [0.2, 0.25) is 0 Å². The third-order valence-corrected chi connectivity index (χ3v) is 2.13. The summed E-state index contributed by atoms with van der Waals surface area (Å²) in [6.07, 6.45) is -5.36. The van der Waals surface area contributed by atoms with Crippen LogP contribution in [-0.2, 0) is 16.0 Å². The Balaban J connectivity index is 3.12. The average molecular weight is 289 g/mol. The van der Waals surface area contributed by atoms with Crippen molar-refractivity contribution in [1.82, 2.24) is 0 Å². The third kappa shape index (κ3) is 4.35. The number of hydrogen-bond donors (Lipinski definition) is 1. The minimum Gasteiger partial charge on any atom is -0.506 e. The van der Waals surface area contributed by atoms with Gasteiger partial charge in [0.05, 0.1) is 13.0 Å². The topological polar surface area (TPSA) is 79.5 Å². The van der Waals surface area contributed by atoms with Crippen LogP contribution in [0.5, 0.6) is 11.5 Å². The summed E-state index contributed by atoms with van der Waals surface area (Å²) in [5.74, 6) is -2.23. The number of nitrogens with zero attached hydrogens (tertiary/aromatic N) is 1. The maximum Gasteiger partial charge on any atom is 0.573 e. The monoisotopic (exact) mass is 289 g/mol. The number of ether oxygens (including phenoxy) is 2. The van der Waals surface area contributed by atoms with Gasteiger partial charge in [0, 0.05) is 0 Å². The predicted octanol–water partition coefficient (Wildman–Crippen LogP) is 2.27. The number of nitriles is 1. The molecule has 0 aliphatic carbocycles. The summed E-state index contributed by atoms with van der Waals surface area (Å²) in [6, 6.07) is 3.28. The molecule has 0 amide bonds. The molecule has 0 saturated heterocycles. The van der Waals surface area contributed by atoms with Gasteiger partial charge in [-0.05, 0) is 24.6 Å². The van der Waals surface area contributed by atoms with Gasteiger partial charge in [0.1, 0.15) is 17.4 Å². The van der Waals surface area contributed by atoms with Gasteiger partial charge in [0.15, 0.2) is 5.75 Å². The van der Waals surface area contributed by atoms with E-state index in [1.54, 1.807) is 6.92 Å². The average Bonchev–Trinajstić information content (AvgIpc) is 2.26. The molecule has 0 aromatic heterocycles. The van der Waals surface area contributed by atoms with Crippen molar-refractivity contribution in [3.63, 3.8) is 0 Å². The molecule has 0 aliphatic heterocycles. The maximum absolute atomic E-state index is 12.2. The minimum atomic E-state index is -5.01. The molecule has 0 aliphatic rings. The second kappa shape index (κ2) is 6.14. The molecule has 1 aromatic carbocycles. The fourth-order valence-electron chi connectivity index (χ4n) is 1.45. The molecule has 0 saturated carbocycles. The quantitative estimate of drug-likeness (QED) is 0.860. The summed E-state index contributed by atoms with van der Waals surface area (Å²) in [5, 5.41) is 18.2. The second-order valence-electron chi connectivity index (χ2n) is 3.63. The smallest absolute Gasteiger partial charge is 0.506 e. The molecule has 0 spiro atoms. The number of alkyl halides is 3. The van der Waals surface area contributed by atoms with Crippen molar-refractivity contribution < 1.29 is 32.5 Å². The van der Waals surface area contributed by atoms with Crippen molar-refractivity contribution in [3.8, 4) is 17.6 Å². The number of rotatable bonds is 4. The fraction of sp³-hybridized carbons (Fsp3) is 0.333. The second-order valence-corrected chi connectivity index (χ2v) is 3.63. The Bertz CT molecular complexity index is 549. The first-order valence-corrected chi connectivity index (χ1v) is 5.44. The standard InChI is InChI=1S/C12H10F3NO4/c1-2-19-11(18)5-7-3-9(17)8(6-16)10(4-7)20-12(13,14)15/h3-4,17H,2,5H2,1H3.